The van der Waals surface area contributed by atoms with E-state index in [0.29, 0.717) is 18.9 Å². The quantitative estimate of drug-likeness (QED) is 0.883. The summed E-state index contributed by atoms with van der Waals surface area (Å²) in [5.41, 5.74) is 0.776. The average molecular weight is 243 g/mol. The molecule has 17 heavy (non-hydrogen) atoms. The van der Waals surface area contributed by atoms with Gasteiger partial charge in [0.2, 0.25) is 0 Å². The molecule has 0 radical (unpaired) electrons. The van der Waals surface area contributed by atoms with Gasteiger partial charge in [0, 0.05) is 24.2 Å². The van der Waals surface area contributed by atoms with Crippen LogP contribution < -0.4 is 10.1 Å². The molecule has 94 valence electrons. The summed E-state index contributed by atoms with van der Waals surface area (Å²) in [6.45, 7) is 2.10. The van der Waals surface area contributed by atoms with Gasteiger partial charge in [-0.3, -0.25) is 0 Å². The zero-order valence-corrected chi connectivity index (χ0v) is 9.58. The second-order valence-corrected chi connectivity index (χ2v) is 3.87. The van der Waals surface area contributed by atoms with E-state index in [-0.39, 0.29) is 11.7 Å². The lowest BCUT2D eigenvalue weighted by molar-refractivity contribution is 0.0262. The van der Waals surface area contributed by atoms with Gasteiger partial charge in [-0.1, -0.05) is 12.1 Å². The van der Waals surface area contributed by atoms with Crippen molar-refractivity contribution in [3.05, 3.63) is 29.3 Å². The Morgan fingerprint density at radius 3 is 2.88 bits per heavy atom. The summed E-state index contributed by atoms with van der Waals surface area (Å²) in [5, 5.41) is 3.19. The Morgan fingerprint density at radius 1 is 1.47 bits per heavy atom. The Morgan fingerprint density at radius 2 is 2.29 bits per heavy atom. The first-order chi connectivity index (χ1) is 8.22. The lowest BCUT2D eigenvalue weighted by Gasteiger charge is -2.25. The zero-order chi connectivity index (χ0) is 12.3. The molecule has 1 N–H and O–H groups in total. The van der Waals surface area contributed by atoms with E-state index in [0.717, 1.165) is 12.1 Å². The van der Waals surface area contributed by atoms with E-state index in [4.69, 9.17) is 9.47 Å². The van der Waals surface area contributed by atoms with Crippen molar-refractivity contribution in [1.29, 1.82) is 0 Å². The molecule has 1 heterocycles. The van der Waals surface area contributed by atoms with Crippen molar-refractivity contribution >= 4 is 0 Å². The van der Waals surface area contributed by atoms with Crippen LogP contribution in [0.2, 0.25) is 0 Å². The van der Waals surface area contributed by atoms with Crippen LogP contribution in [0, 0.1) is 0 Å². The van der Waals surface area contributed by atoms with Crippen LogP contribution in [0.1, 0.15) is 23.7 Å². The third-order valence-electron chi connectivity index (χ3n) is 2.78. The van der Waals surface area contributed by atoms with E-state index < -0.39 is 6.43 Å². The number of methoxy groups -OCH3 is 1. The lowest BCUT2D eigenvalue weighted by atomic mass is 10.0. The molecule has 0 aliphatic carbocycles. The average Bonchev–Trinajstić information content (AvgIpc) is 2.39. The molecule has 1 fully saturated rings. The maximum atomic E-state index is 12.6. The van der Waals surface area contributed by atoms with Crippen LogP contribution in [0.3, 0.4) is 0 Å². The molecular formula is C12H15F2NO2. The Balaban J connectivity index is 2.26. The number of halogens is 2. The first-order valence-corrected chi connectivity index (χ1v) is 5.50. The highest BCUT2D eigenvalue weighted by atomic mass is 19.3. The van der Waals surface area contributed by atoms with Crippen LogP contribution in [0.15, 0.2) is 18.2 Å². The van der Waals surface area contributed by atoms with Gasteiger partial charge >= 0.3 is 0 Å². The van der Waals surface area contributed by atoms with Crippen LogP contribution in [-0.4, -0.2) is 26.8 Å². The predicted octanol–water partition coefficient (Wildman–Crippen LogP) is 2.29. The Hall–Kier alpha value is -1.20. The number of nitrogens with one attached hydrogen (secondary N) is 1. The fourth-order valence-corrected chi connectivity index (χ4v) is 1.89. The third kappa shape index (κ3) is 2.73. The van der Waals surface area contributed by atoms with Gasteiger partial charge < -0.3 is 14.8 Å². The van der Waals surface area contributed by atoms with Crippen LogP contribution in [0.25, 0.3) is 0 Å². The van der Waals surface area contributed by atoms with Crippen molar-refractivity contribution in [2.24, 2.45) is 0 Å². The van der Waals surface area contributed by atoms with Crippen molar-refractivity contribution in [2.45, 2.75) is 12.5 Å². The lowest BCUT2D eigenvalue weighted by Crippen LogP contribution is -2.33. The van der Waals surface area contributed by atoms with E-state index in [1.807, 2.05) is 0 Å². The summed E-state index contributed by atoms with van der Waals surface area (Å²) < 4.78 is 35.8. The van der Waals surface area contributed by atoms with Gasteiger partial charge in [0.05, 0.1) is 19.8 Å². The van der Waals surface area contributed by atoms with Gasteiger partial charge in [-0.15, -0.1) is 0 Å². The van der Waals surface area contributed by atoms with Gasteiger partial charge in [0.1, 0.15) is 5.75 Å². The smallest absolute Gasteiger partial charge is 0.263 e. The normalized spacial score (nSPS) is 20.6. The molecule has 0 saturated carbocycles. The molecule has 1 saturated heterocycles. The maximum Gasteiger partial charge on any atom is 0.263 e. The summed E-state index contributed by atoms with van der Waals surface area (Å²) in [6.07, 6.45) is -2.62. The largest absolute Gasteiger partial charge is 0.496 e. The third-order valence-corrected chi connectivity index (χ3v) is 2.78. The van der Waals surface area contributed by atoms with Crippen molar-refractivity contribution in [2.75, 3.05) is 26.8 Å². The van der Waals surface area contributed by atoms with Gasteiger partial charge in [-0.25, -0.2) is 8.78 Å². The Labute approximate surface area is 98.7 Å². The summed E-state index contributed by atoms with van der Waals surface area (Å²) in [7, 11) is 1.48. The summed E-state index contributed by atoms with van der Waals surface area (Å²) in [4.78, 5) is 0. The molecule has 3 nitrogen and oxygen atoms in total. The van der Waals surface area contributed by atoms with Crippen LogP contribution in [-0.2, 0) is 4.74 Å². The van der Waals surface area contributed by atoms with Gasteiger partial charge in [-0.2, -0.15) is 0 Å². The minimum atomic E-state index is -2.48. The highest BCUT2D eigenvalue weighted by Crippen LogP contribution is 2.32. The first kappa shape index (κ1) is 12.3. The van der Waals surface area contributed by atoms with Gasteiger partial charge in [0.25, 0.3) is 6.43 Å². The summed E-state index contributed by atoms with van der Waals surface area (Å²) >= 11 is 0. The molecule has 1 unspecified atom stereocenters. The number of ether oxygens (including phenoxy) is 2. The van der Waals surface area contributed by atoms with Crippen molar-refractivity contribution in [3.8, 4) is 5.75 Å². The number of hydrogen-bond acceptors (Lipinski definition) is 3. The molecule has 1 aromatic rings. The zero-order valence-electron chi connectivity index (χ0n) is 9.58. The number of benzene rings is 1. The SMILES string of the molecule is COc1cc(C(F)F)ccc1C1CNCCO1. The fraction of sp³-hybridized carbons (Fsp3) is 0.500. The first-order valence-electron chi connectivity index (χ1n) is 5.50. The number of alkyl halides is 2. The topological polar surface area (TPSA) is 30.5 Å². The Bertz CT molecular complexity index is 379. The van der Waals surface area contributed by atoms with E-state index in [1.54, 1.807) is 6.07 Å². The number of rotatable bonds is 3. The van der Waals surface area contributed by atoms with Crippen molar-refractivity contribution < 1.29 is 18.3 Å². The van der Waals surface area contributed by atoms with E-state index >= 15 is 0 Å². The summed E-state index contributed by atoms with van der Waals surface area (Å²) in [6, 6.07) is 4.44. The van der Waals surface area contributed by atoms with E-state index in [2.05, 4.69) is 5.32 Å². The molecule has 5 heteroatoms. The second kappa shape index (κ2) is 5.42. The summed E-state index contributed by atoms with van der Waals surface area (Å²) in [5.74, 6) is 0.455. The van der Waals surface area contributed by atoms with Crippen molar-refractivity contribution in [3.63, 3.8) is 0 Å². The minimum Gasteiger partial charge on any atom is -0.496 e. The Kier molecular flexibility index (Phi) is 3.91. The minimum absolute atomic E-state index is 0.0330. The monoisotopic (exact) mass is 243 g/mol. The van der Waals surface area contributed by atoms with Gasteiger partial charge in [-0.05, 0) is 6.07 Å². The maximum absolute atomic E-state index is 12.6. The fourth-order valence-electron chi connectivity index (χ4n) is 1.89. The number of morpholine rings is 1. The van der Waals surface area contributed by atoms with Gasteiger partial charge in [0.15, 0.2) is 0 Å². The highest BCUT2D eigenvalue weighted by molar-refractivity contribution is 5.39. The number of hydrogen-bond donors (Lipinski definition) is 1. The highest BCUT2D eigenvalue weighted by Gasteiger charge is 2.21. The molecule has 0 bridgehead atoms. The molecule has 1 atom stereocenters. The second-order valence-electron chi connectivity index (χ2n) is 3.87. The molecule has 0 aromatic heterocycles. The van der Waals surface area contributed by atoms with E-state index in [1.165, 1.54) is 19.2 Å². The van der Waals surface area contributed by atoms with Crippen LogP contribution >= 0.6 is 0 Å². The molecule has 1 aliphatic rings. The van der Waals surface area contributed by atoms with E-state index in [9.17, 15) is 8.78 Å². The molecular weight excluding hydrogens is 228 g/mol. The molecule has 1 aromatic carbocycles. The van der Waals surface area contributed by atoms with Crippen LogP contribution in [0.5, 0.6) is 5.75 Å². The van der Waals surface area contributed by atoms with Crippen molar-refractivity contribution in [1.82, 2.24) is 5.32 Å². The standard InChI is InChI=1S/C12H15F2NO2/c1-16-10-6-8(12(13)14)2-3-9(10)11-7-15-4-5-17-11/h2-3,6,11-12,15H,4-5,7H2,1H3. The predicted molar refractivity (Wildman–Crippen MR) is 59.5 cm³/mol. The molecule has 2 rings (SSSR count). The molecule has 0 spiro atoms. The molecule has 1 aliphatic heterocycles. The van der Waals surface area contributed by atoms with Crippen LogP contribution in [0.4, 0.5) is 8.78 Å². The molecule has 0 amide bonds.